The summed E-state index contributed by atoms with van der Waals surface area (Å²) in [6.07, 6.45) is 11.4. The van der Waals surface area contributed by atoms with Crippen LogP contribution in [0, 0.1) is 5.92 Å². The summed E-state index contributed by atoms with van der Waals surface area (Å²) in [6, 6.07) is 9.44. The fourth-order valence-electron chi connectivity index (χ4n) is 3.26. The Kier molecular flexibility index (Phi) is 4.88. The van der Waals surface area contributed by atoms with E-state index in [9.17, 15) is 4.79 Å². The Bertz CT molecular complexity index is 601. The van der Waals surface area contributed by atoms with Gasteiger partial charge in [-0.3, -0.25) is 4.79 Å². The molecular formula is C18H23N3O. The third kappa shape index (κ3) is 3.56. The molecule has 0 unspecified atom stereocenters. The molecule has 1 amide bonds. The first-order valence-corrected chi connectivity index (χ1v) is 8.22. The van der Waals surface area contributed by atoms with Gasteiger partial charge >= 0.3 is 0 Å². The largest absolute Gasteiger partial charge is 0.352 e. The minimum absolute atomic E-state index is 0.0162. The van der Waals surface area contributed by atoms with Gasteiger partial charge in [0.05, 0.1) is 11.3 Å². The van der Waals surface area contributed by atoms with Gasteiger partial charge in [0.1, 0.15) is 0 Å². The van der Waals surface area contributed by atoms with E-state index in [1.165, 1.54) is 32.1 Å². The molecule has 1 fully saturated rings. The molecule has 4 heteroatoms. The highest BCUT2D eigenvalue weighted by atomic mass is 16.1. The molecule has 3 rings (SSSR count). The lowest BCUT2D eigenvalue weighted by Crippen LogP contribution is -2.26. The smallest absolute Gasteiger partial charge is 0.253 e. The second kappa shape index (κ2) is 7.25. The van der Waals surface area contributed by atoms with E-state index in [1.807, 2.05) is 36.5 Å². The Morgan fingerprint density at radius 1 is 1.23 bits per heavy atom. The van der Waals surface area contributed by atoms with Crippen molar-refractivity contribution in [2.45, 2.75) is 38.5 Å². The first-order valence-electron chi connectivity index (χ1n) is 8.22. The van der Waals surface area contributed by atoms with Crippen molar-refractivity contribution in [3.63, 3.8) is 0 Å². The molecule has 1 aliphatic carbocycles. The van der Waals surface area contributed by atoms with Crippen LogP contribution in [0.15, 0.2) is 42.7 Å². The van der Waals surface area contributed by atoms with Crippen molar-refractivity contribution in [2.75, 3.05) is 6.54 Å². The maximum atomic E-state index is 12.4. The number of hydrogen-bond donors (Lipinski definition) is 1. The number of aromatic nitrogens is 2. The SMILES string of the molecule is O=C(NCCCC1CCCC1)c1ccccc1-n1cccn1. The van der Waals surface area contributed by atoms with Crippen molar-refractivity contribution < 1.29 is 4.79 Å². The second-order valence-corrected chi connectivity index (χ2v) is 6.02. The van der Waals surface area contributed by atoms with E-state index in [0.717, 1.165) is 24.6 Å². The summed E-state index contributed by atoms with van der Waals surface area (Å²) in [5.74, 6) is 0.866. The Balaban J connectivity index is 1.56. The highest BCUT2D eigenvalue weighted by Crippen LogP contribution is 2.28. The van der Waals surface area contributed by atoms with Gasteiger partial charge in [0.2, 0.25) is 0 Å². The molecular weight excluding hydrogens is 274 g/mol. The lowest BCUT2D eigenvalue weighted by molar-refractivity contribution is 0.0952. The van der Waals surface area contributed by atoms with Gasteiger partial charge in [0, 0.05) is 18.9 Å². The van der Waals surface area contributed by atoms with Crippen LogP contribution in [0.4, 0.5) is 0 Å². The minimum Gasteiger partial charge on any atom is -0.352 e. The van der Waals surface area contributed by atoms with Crippen LogP contribution in [0.2, 0.25) is 0 Å². The van der Waals surface area contributed by atoms with Gasteiger partial charge in [-0.1, -0.05) is 37.8 Å². The normalized spacial score (nSPS) is 15.1. The molecule has 1 aliphatic rings. The lowest BCUT2D eigenvalue weighted by atomic mass is 10.0. The van der Waals surface area contributed by atoms with Crippen LogP contribution in [-0.4, -0.2) is 22.2 Å². The van der Waals surface area contributed by atoms with E-state index in [0.29, 0.717) is 5.56 Å². The topological polar surface area (TPSA) is 46.9 Å². The average molecular weight is 297 g/mol. The summed E-state index contributed by atoms with van der Waals surface area (Å²) in [5.41, 5.74) is 1.49. The van der Waals surface area contributed by atoms with Crippen molar-refractivity contribution in [2.24, 2.45) is 5.92 Å². The molecule has 0 atom stereocenters. The maximum Gasteiger partial charge on any atom is 0.253 e. The van der Waals surface area contributed by atoms with Crippen LogP contribution in [0.3, 0.4) is 0 Å². The number of carbonyl (C=O) groups is 1. The van der Waals surface area contributed by atoms with Crippen molar-refractivity contribution in [3.05, 3.63) is 48.3 Å². The fourth-order valence-corrected chi connectivity index (χ4v) is 3.26. The molecule has 0 bridgehead atoms. The standard InChI is InChI=1S/C18H23N3O/c22-18(19-12-5-9-15-7-1-2-8-15)16-10-3-4-11-17(16)21-14-6-13-20-21/h3-4,6,10-11,13-15H,1-2,5,7-9,12H2,(H,19,22). The molecule has 4 nitrogen and oxygen atoms in total. The molecule has 1 aromatic heterocycles. The van der Waals surface area contributed by atoms with Crippen LogP contribution < -0.4 is 5.32 Å². The third-order valence-electron chi connectivity index (χ3n) is 4.45. The zero-order valence-electron chi connectivity index (χ0n) is 12.9. The zero-order chi connectivity index (χ0) is 15.2. The number of amides is 1. The molecule has 0 aliphatic heterocycles. The van der Waals surface area contributed by atoms with Crippen molar-refractivity contribution in [3.8, 4) is 5.69 Å². The molecule has 1 heterocycles. The van der Waals surface area contributed by atoms with E-state index in [2.05, 4.69) is 10.4 Å². The first-order chi connectivity index (χ1) is 10.8. The zero-order valence-corrected chi connectivity index (χ0v) is 12.9. The van der Waals surface area contributed by atoms with E-state index >= 15 is 0 Å². The summed E-state index contributed by atoms with van der Waals surface area (Å²) in [7, 11) is 0. The van der Waals surface area contributed by atoms with E-state index in [-0.39, 0.29) is 5.91 Å². The molecule has 2 aromatic rings. The number of nitrogens with zero attached hydrogens (tertiary/aromatic N) is 2. The highest BCUT2D eigenvalue weighted by Gasteiger charge is 2.15. The lowest BCUT2D eigenvalue weighted by Gasteiger charge is -2.11. The van der Waals surface area contributed by atoms with Crippen LogP contribution in [0.1, 0.15) is 48.9 Å². The molecule has 116 valence electrons. The Hall–Kier alpha value is -2.10. The number of hydrogen-bond acceptors (Lipinski definition) is 2. The number of benzene rings is 1. The van der Waals surface area contributed by atoms with Gasteiger partial charge < -0.3 is 5.32 Å². The molecule has 1 N–H and O–H groups in total. The summed E-state index contributed by atoms with van der Waals surface area (Å²) in [6.45, 7) is 0.753. The Labute approximate surface area is 131 Å². The number of rotatable bonds is 6. The summed E-state index contributed by atoms with van der Waals surface area (Å²) >= 11 is 0. The quantitative estimate of drug-likeness (QED) is 0.829. The van der Waals surface area contributed by atoms with E-state index < -0.39 is 0 Å². The number of para-hydroxylation sites is 1. The predicted octanol–water partition coefficient (Wildman–Crippen LogP) is 3.57. The molecule has 0 spiro atoms. The van der Waals surface area contributed by atoms with Gasteiger partial charge in [-0.25, -0.2) is 4.68 Å². The van der Waals surface area contributed by atoms with Crippen LogP contribution in [0.25, 0.3) is 5.69 Å². The molecule has 0 radical (unpaired) electrons. The fraction of sp³-hybridized carbons (Fsp3) is 0.444. The predicted molar refractivity (Wildman–Crippen MR) is 87.1 cm³/mol. The first kappa shape index (κ1) is 14.8. The maximum absolute atomic E-state index is 12.4. The van der Waals surface area contributed by atoms with E-state index in [1.54, 1.807) is 10.9 Å². The van der Waals surface area contributed by atoms with Gasteiger partial charge in [-0.05, 0) is 37.0 Å². The van der Waals surface area contributed by atoms with Crippen molar-refractivity contribution >= 4 is 5.91 Å². The monoisotopic (exact) mass is 297 g/mol. The van der Waals surface area contributed by atoms with E-state index in [4.69, 9.17) is 0 Å². The van der Waals surface area contributed by atoms with Crippen molar-refractivity contribution in [1.29, 1.82) is 0 Å². The number of nitrogens with one attached hydrogen (secondary N) is 1. The second-order valence-electron chi connectivity index (χ2n) is 6.02. The van der Waals surface area contributed by atoms with Crippen LogP contribution >= 0.6 is 0 Å². The summed E-state index contributed by atoms with van der Waals surface area (Å²) < 4.78 is 1.73. The minimum atomic E-state index is -0.0162. The Morgan fingerprint density at radius 2 is 2.05 bits per heavy atom. The summed E-state index contributed by atoms with van der Waals surface area (Å²) in [5, 5.41) is 7.26. The molecule has 1 saturated carbocycles. The van der Waals surface area contributed by atoms with Gasteiger partial charge in [-0.2, -0.15) is 5.10 Å². The van der Waals surface area contributed by atoms with Crippen LogP contribution in [-0.2, 0) is 0 Å². The highest BCUT2D eigenvalue weighted by molar-refractivity contribution is 5.97. The van der Waals surface area contributed by atoms with Gasteiger partial charge in [0.15, 0.2) is 0 Å². The van der Waals surface area contributed by atoms with Crippen molar-refractivity contribution in [1.82, 2.24) is 15.1 Å². The molecule has 22 heavy (non-hydrogen) atoms. The van der Waals surface area contributed by atoms with Gasteiger partial charge in [-0.15, -0.1) is 0 Å². The van der Waals surface area contributed by atoms with Gasteiger partial charge in [0.25, 0.3) is 5.91 Å². The number of carbonyl (C=O) groups excluding carboxylic acids is 1. The third-order valence-corrected chi connectivity index (χ3v) is 4.45. The molecule has 1 aromatic carbocycles. The average Bonchev–Trinajstić information content (AvgIpc) is 3.24. The Morgan fingerprint density at radius 3 is 2.82 bits per heavy atom. The van der Waals surface area contributed by atoms with Crippen LogP contribution in [0.5, 0.6) is 0 Å². The summed E-state index contributed by atoms with van der Waals surface area (Å²) in [4.78, 5) is 12.4. The molecule has 0 saturated heterocycles.